The molecule has 1 saturated carbocycles. The van der Waals surface area contributed by atoms with Crippen molar-refractivity contribution < 1.29 is 9.90 Å². The van der Waals surface area contributed by atoms with Crippen molar-refractivity contribution in [1.82, 2.24) is 20.1 Å². The fourth-order valence-corrected chi connectivity index (χ4v) is 4.47. The number of nitrogens with zero attached hydrogens (tertiary/aromatic N) is 3. The van der Waals surface area contributed by atoms with E-state index in [4.69, 9.17) is 0 Å². The van der Waals surface area contributed by atoms with Gasteiger partial charge in [-0.05, 0) is 24.8 Å². The average Bonchev–Trinajstić information content (AvgIpc) is 3.17. The van der Waals surface area contributed by atoms with Crippen molar-refractivity contribution in [3.05, 3.63) is 48.0 Å². The number of aromatic amines is 1. The first-order valence-electron chi connectivity index (χ1n) is 8.64. The molecule has 0 bridgehead atoms. The predicted octanol–water partition coefficient (Wildman–Crippen LogP) is 2.10. The van der Waals surface area contributed by atoms with Crippen LogP contribution in [0.4, 0.5) is 0 Å². The molecule has 0 spiro atoms. The van der Waals surface area contributed by atoms with Gasteiger partial charge in [-0.1, -0.05) is 43.2 Å². The van der Waals surface area contributed by atoms with Gasteiger partial charge in [-0.3, -0.25) is 9.89 Å². The highest BCUT2D eigenvalue weighted by molar-refractivity contribution is 5.90. The predicted molar refractivity (Wildman–Crippen MR) is 88.1 cm³/mol. The van der Waals surface area contributed by atoms with Gasteiger partial charge >= 0.3 is 0 Å². The molecule has 1 aromatic carbocycles. The molecular weight excluding hydrogens is 304 g/mol. The second kappa shape index (κ2) is 6.02. The Bertz CT molecular complexity index is 703. The van der Waals surface area contributed by atoms with Crippen LogP contribution in [0.2, 0.25) is 0 Å². The SMILES string of the molecule is O=C(c1ncn[nH]1)N1CC[C@@](O)(c2ccccc2)[C@@H]2CCCC[C@@H]21. The Balaban J connectivity index is 1.66. The summed E-state index contributed by atoms with van der Waals surface area (Å²) in [5, 5.41) is 17.9. The molecule has 4 rings (SSSR count). The van der Waals surface area contributed by atoms with Crippen molar-refractivity contribution >= 4 is 5.91 Å². The zero-order chi connectivity index (χ0) is 16.6. The quantitative estimate of drug-likeness (QED) is 0.885. The van der Waals surface area contributed by atoms with Gasteiger partial charge in [-0.25, -0.2) is 4.98 Å². The first-order chi connectivity index (χ1) is 11.7. The Hall–Kier alpha value is -2.21. The van der Waals surface area contributed by atoms with Crippen molar-refractivity contribution in [2.24, 2.45) is 5.92 Å². The number of benzene rings is 1. The molecule has 6 nitrogen and oxygen atoms in total. The zero-order valence-corrected chi connectivity index (χ0v) is 13.6. The molecule has 126 valence electrons. The summed E-state index contributed by atoms with van der Waals surface area (Å²) in [6.45, 7) is 0.534. The number of piperidine rings is 1. The number of aromatic nitrogens is 3. The number of rotatable bonds is 2. The van der Waals surface area contributed by atoms with Gasteiger partial charge < -0.3 is 10.0 Å². The van der Waals surface area contributed by atoms with Crippen molar-refractivity contribution in [3.8, 4) is 0 Å². The summed E-state index contributed by atoms with van der Waals surface area (Å²) < 4.78 is 0. The van der Waals surface area contributed by atoms with Gasteiger partial charge in [-0.15, -0.1) is 0 Å². The van der Waals surface area contributed by atoms with E-state index in [1.807, 2.05) is 35.2 Å². The minimum atomic E-state index is -0.857. The Morgan fingerprint density at radius 3 is 2.79 bits per heavy atom. The number of hydrogen-bond acceptors (Lipinski definition) is 4. The minimum absolute atomic E-state index is 0.0512. The molecule has 3 atom stereocenters. The van der Waals surface area contributed by atoms with E-state index in [-0.39, 0.29) is 23.7 Å². The van der Waals surface area contributed by atoms with Crippen molar-refractivity contribution in [3.63, 3.8) is 0 Å². The Kier molecular flexibility index (Phi) is 3.84. The first kappa shape index (κ1) is 15.3. The van der Waals surface area contributed by atoms with Crippen LogP contribution in [0.15, 0.2) is 36.7 Å². The standard InChI is InChI=1S/C18H22N4O2/c23-17(16-19-12-20-21-16)22-11-10-18(24,13-6-2-1-3-7-13)14-8-4-5-9-15(14)22/h1-3,6-7,12,14-15,24H,4-5,8-11H2,(H,19,20,21)/t14-,15+,18-/m1/s1. The lowest BCUT2D eigenvalue weighted by Crippen LogP contribution is -2.59. The summed E-state index contributed by atoms with van der Waals surface area (Å²) in [7, 11) is 0. The van der Waals surface area contributed by atoms with Gasteiger partial charge in [0.15, 0.2) is 0 Å². The molecule has 6 heteroatoms. The summed E-state index contributed by atoms with van der Waals surface area (Å²) in [6, 6.07) is 9.96. The number of likely N-dealkylation sites (tertiary alicyclic amines) is 1. The molecule has 0 unspecified atom stereocenters. The molecule has 1 saturated heterocycles. The molecule has 24 heavy (non-hydrogen) atoms. The van der Waals surface area contributed by atoms with Crippen LogP contribution < -0.4 is 0 Å². The van der Waals surface area contributed by atoms with E-state index in [0.29, 0.717) is 13.0 Å². The lowest BCUT2D eigenvalue weighted by atomic mass is 9.66. The van der Waals surface area contributed by atoms with Crippen molar-refractivity contribution in [1.29, 1.82) is 0 Å². The molecule has 1 amide bonds. The molecule has 1 aliphatic heterocycles. The van der Waals surface area contributed by atoms with Crippen LogP contribution in [0.5, 0.6) is 0 Å². The van der Waals surface area contributed by atoms with Crippen LogP contribution in [-0.2, 0) is 5.60 Å². The van der Waals surface area contributed by atoms with E-state index in [2.05, 4.69) is 15.2 Å². The summed E-state index contributed by atoms with van der Waals surface area (Å²) >= 11 is 0. The van der Waals surface area contributed by atoms with Crippen LogP contribution in [0.25, 0.3) is 0 Å². The van der Waals surface area contributed by atoms with E-state index in [1.54, 1.807) is 0 Å². The zero-order valence-electron chi connectivity index (χ0n) is 13.6. The maximum atomic E-state index is 12.8. The monoisotopic (exact) mass is 326 g/mol. The third-order valence-corrected chi connectivity index (χ3v) is 5.63. The highest BCUT2D eigenvalue weighted by Gasteiger charge is 2.50. The minimum Gasteiger partial charge on any atom is -0.385 e. The second-order valence-corrected chi connectivity index (χ2v) is 6.83. The molecule has 1 aliphatic carbocycles. The van der Waals surface area contributed by atoms with Gasteiger partial charge in [0.05, 0.1) is 5.60 Å². The third kappa shape index (κ3) is 2.41. The molecule has 2 aliphatic rings. The van der Waals surface area contributed by atoms with E-state index in [9.17, 15) is 9.90 Å². The highest BCUT2D eigenvalue weighted by atomic mass is 16.3. The first-order valence-corrected chi connectivity index (χ1v) is 8.64. The van der Waals surface area contributed by atoms with Crippen molar-refractivity contribution in [2.75, 3.05) is 6.54 Å². The molecule has 2 fully saturated rings. The Morgan fingerprint density at radius 2 is 2.04 bits per heavy atom. The summed E-state index contributed by atoms with van der Waals surface area (Å²) in [6.07, 6.45) is 5.97. The number of fused-ring (bicyclic) bond motifs is 1. The lowest BCUT2D eigenvalue weighted by Gasteiger charge is -2.52. The second-order valence-electron chi connectivity index (χ2n) is 6.83. The number of hydrogen-bond donors (Lipinski definition) is 2. The average molecular weight is 326 g/mol. The smallest absolute Gasteiger partial charge is 0.291 e. The molecule has 2 aromatic rings. The normalized spacial score (nSPS) is 30.0. The lowest BCUT2D eigenvalue weighted by molar-refractivity contribution is -0.110. The fourth-order valence-electron chi connectivity index (χ4n) is 4.47. The molecular formula is C18H22N4O2. The molecule has 2 N–H and O–H groups in total. The van der Waals surface area contributed by atoms with Gasteiger partial charge in [0.2, 0.25) is 5.82 Å². The summed E-state index contributed by atoms with van der Waals surface area (Å²) in [5.74, 6) is 0.234. The van der Waals surface area contributed by atoms with E-state index in [1.165, 1.54) is 6.33 Å². The highest BCUT2D eigenvalue weighted by Crippen LogP contribution is 2.47. The number of H-pyrrole nitrogens is 1. The van der Waals surface area contributed by atoms with E-state index in [0.717, 1.165) is 31.2 Å². The van der Waals surface area contributed by atoms with Gasteiger partial charge in [0.1, 0.15) is 6.33 Å². The fraction of sp³-hybridized carbons (Fsp3) is 0.500. The largest absolute Gasteiger partial charge is 0.385 e. The maximum Gasteiger partial charge on any atom is 0.291 e. The summed E-state index contributed by atoms with van der Waals surface area (Å²) in [5.41, 5.74) is 0.110. The molecule has 1 aromatic heterocycles. The topological polar surface area (TPSA) is 82.1 Å². The number of nitrogens with one attached hydrogen (secondary N) is 1. The van der Waals surface area contributed by atoms with Gasteiger partial charge in [-0.2, -0.15) is 5.10 Å². The molecule has 0 radical (unpaired) electrons. The van der Waals surface area contributed by atoms with Crippen molar-refractivity contribution in [2.45, 2.75) is 43.7 Å². The van der Waals surface area contributed by atoms with E-state index < -0.39 is 5.60 Å². The Labute approximate surface area is 140 Å². The van der Waals surface area contributed by atoms with Crippen LogP contribution in [0, 0.1) is 5.92 Å². The van der Waals surface area contributed by atoms with Crippen LogP contribution in [0.1, 0.15) is 48.3 Å². The third-order valence-electron chi connectivity index (χ3n) is 5.63. The number of carbonyl (C=O) groups is 1. The van der Waals surface area contributed by atoms with Crippen LogP contribution >= 0.6 is 0 Å². The van der Waals surface area contributed by atoms with E-state index >= 15 is 0 Å². The van der Waals surface area contributed by atoms with Gasteiger partial charge in [0.25, 0.3) is 5.91 Å². The maximum absolute atomic E-state index is 12.8. The van der Waals surface area contributed by atoms with Gasteiger partial charge in [0, 0.05) is 18.5 Å². The Morgan fingerprint density at radius 1 is 1.25 bits per heavy atom. The van der Waals surface area contributed by atoms with Crippen LogP contribution in [0.3, 0.4) is 0 Å². The number of carbonyl (C=O) groups excluding carboxylic acids is 1. The molecule has 2 heterocycles. The number of aliphatic hydroxyl groups is 1. The number of amides is 1. The van der Waals surface area contributed by atoms with Crippen LogP contribution in [-0.4, -0.2) is 43.7 Å². The summed E-state index contributed by atoms with van der Waals surface area (Å²) in [4.78, 5) is 18.7.